The second kappa shape index (κ2) is 20.2. The van der Waals surface area contributed by atoms with Crippen LogP contribution in [0.3, 0.4) is 0 Å². The Labute approximate surface area is 379 Å². The van der Waals surface area contributed by atoms with Crippen molar-refractivity contribution in [2.24, 2.45) is 22.2 Å². The zero-order chi connectivity index (χ0) is 44.2. The molecule has 1 N–H and O–H groups in total. The molecule has 1 aliphatic heterocycles. The number of pyridine rings is 1. The Morgan fingerprint density at radius 2 is 1.56 bits per heavy atom. The molecule has 10 heteroatoms. The molecule has 7 rings (SSSR count). The molecule has 0 fully saturated rings. The van der Waals surface area contributed by atoms with Crippen LogP contribution in [-0.4, -0.2) is 28.3 Å². The van der Waals surface area contributed by atoms with E-state index in [0.717, 1.165) is 66.1 Å². The van der Waals surface area contributed by atoms with E-state index in [1.54, 1.807) is 6.07 Å². The Morgan fingerprint density at radius 3 is 2.19 bits per heavy atom. The number of carbonyl (C=O) groups excluding carboxylic acids is 1. The number of hydrogen-bond acceptors (Lipinski definition) is 5. The second-order valence-corrected chi connectivity index (χ2v) is 17.6. The molecule has 327 valence electrons. The average Bonchev–Trinajstić information content (AvgIpc) is 3.64. The van der Waals surface area contributed by atoms with Gasteiger partial charge in [0.15, 0.2) is 5.78 Å². The number of aromatic nitrogens is 1. The van der Waals surface area contributed by atoms with Crippen molar-refractivity contribution in [2.75, 3.05) is 0 Å². The summed E-state index contributed by atoms with van der Waals surface area (Å²) in [7, 11) is 0. The molecule has 1 unspecified atom stereocenters. The first-order chi connectivity index (χ1) is 29.0. The first kappa shape index (κ1) is 48.2. The third-order valence-electron chi connectivity index (χ3n) is 11.9. The normalized spacial score (nSPS) is 15.1. The van der Waals surface area contributed by atoms with Gasteiger partial charge in [-0.05, 0) is 92.6 Å². The molecule has 1 radical (unpaired) electrons. The molecule has 0 amide bonds. The van der Waals surface area contributed by atoms with Crippen LogP contribution in [0.5, 0.6) is 0 Å². The van der Waals surface area contributed by atoms with Crippen molar-refractivity contribution in [3.8, 4) is 11.3 Å². The van der Waals surface area contributed by atoms with Gasteiger partial charge in [-0.15, -0.1) is 17.7 Å². The number of fused-ring (bicyclic) bond motifs is 3. The molecule has 0 spiro atoms. The molecule has 0 bridgehead atoms. The number of para-hydroxylation sites is 1. The number of allylic oxidation sites excluding steroid dienone is 6. The van der Waals surface area contributed by atoms with Crippen LogP contribution in [0.1, 0.15) is 102 Å². The van der Waals surface area contributed by atoms with E-state index in [0.29, 0.717) is 16.9 Å². The summed E-state index contributed by atoms with van der Waals surface area (Å²) in [5.74, 6) is 0.554. The minimum atomic E-state index is -4.61. The van der Waals surface area contributed by atoms with Crippen molar-refractivity contribution in [3.05, 3.63) is 137 Å². The van der Waals surface area contributed by atoms with Crippen molar-refractivity contribution >= 4 is 51.4 Å². The maximum absolute atomic E-state index is 14.4. The summed E-state index contributed by atoms with van der Waals surface area (Å²) < 4.78 is 49.1. The SMILES string of the molecule is CCC(CC)C(=O)/C=C(\O)C(CC)CC.Cc1cccc(C)c1B1c2ccccc2N=C2C=[C-]C(c3cc(-c4cc5cc(CC(C)(C)C)ccc5o4)c(C(F)(F)F)cn3)=CC12.[Ir]. The van der Waals surface area contributed by atoms with Crippen LogP contribution in [0.25, 0.3) is 27.9 Å². The third kappa shape index (κ3) is 10.9. The standard InChI is InChI=1S/C39H33BF3N2O.C13H24O2.Ir/c1-23-9-8-10-24(2)37(23)40-30-11-6-7-12-32(30)45-33-15-14-26(18-31(33)40)34-20-28(29(22-44-34)39(41,42)43)36-19-27-17-25(21-38(3,4)5)13-16-35(27)46-36;1-5-10(6-2)12(14)9-13(15)11(7-3)8-4;/h6-13,15-20,22,31H,21H2,1-5H3;9-11,14H,5-8H2,1-4H3;/q-1;;/b;12-9-;. The summed E-state index contributed by atoms with van der Waals surface area (Å²) in [5.41, 5.74) is 8.35. The van der Waals surface area contributed by atoms with Gasteiger partial charge in [0.1, 0.15) is 11.3 Å². The molecule has 1 atom stereocenters. The van der Waals surface area contributed by atoms with Crippen LogP contribution in [0, 0.1) is 37.2 Å². The van der Waals surface area contributed by atoms with E-state index in [2.05, 4.69) is 76.0 Å². The van der Waals surface area contributed by atoms with Gasteiger partial charge in [0.05, 0.1) is 11.3 Å². The monoisotopic (exact) mass is 1020 g/mol. The molecule has 0 saturated heterocycles. The Hall–Kier alpha value is -4.79. The van der Waals surface area contributed by atoms with Crippen LogP contribution in [0.4, 0.5) is 18.9 Å². The quantitative estimate of drug-likeness (QED) is 0.0619. The number of benzene rings is 3. The maximum atomic E-state index is 14.4. The van der Waals surface area contributed by atoms with Gasteiger partial charge in [0.2, 0.25) is 6.71 Å². The molecule has 1 aliphatic carbocycles. The summed E-state index contributed by atoms with van der Waals surface area (Å²) in [4.78, 5) is 21.0. The van der Waals surface area contributed by atoms with Gasteiger partial charge in [-0.3, -0.25) is 4.79 Å². The van der Waals surface area contributed by atoms with Crippen LogP contribution >= 0.6 is 0 Å². The fraction of sp³-hybridized carbons (Fsp3) is 0.365. The fourth-order valence-corrected chi connectivity index (χ4v) is 8.69. The minimum absolute atomic E-state index is 0. The third-order valence-corrected chi connectivity index (χ3v) is 11.9. The molecule has 2 aromatic heterocycles. The van der Waals surface area contributed by atoms with Crippen molar-refractivity contribution in [1.29, 1.82) is 0 Å². The summed E-state index contributed by atoms with van der Waals surface area (Å²) in [5, 5.41) is 10.5. The Bertz CT molecular complexity index is 2500. The molecule has 5 aromatic rings. The van der Waals surface area contributed by atoms with Gasteiger partial charge < -0.3 is 19.5 Å². The van der Waals surface area contributed by atoms with Crippen molar-refractivity contribution in [3.63, 3.8) is 0 Å². The first-order valence-corrected chi connectivity index (χ1v) is 21.6. The smallest absolute Gasteiger partial charge is 0.418 e. The molecular formula is C52H57BF3IrN2O3-. The summed E-state index contributed by atoms with van der Waals surface area (Å²) in [6.07, 6.45) is 9.25. The van der Waals surface area contributed by atoms with Crippen molar-refractivity contribution < 1.29 is 47.6 Å². The zero-order valence-corrected chi connectivity index (χ0v) is 39.6. The number of aliphatic imine (C=N–C) groups is 1. The number of hydrogen-bond donors (Lipinski definition) is 1. The van der Waals surface area contributed by atoms with Gasteiger partial charge in [-0.1, -0.05) is 125 Å². The van der Waals surface area contributed by atoms with E-state index in [1.165, 1.54) is 28.7 Å². The van der Waals surface area contributed by atoms with E-state index >= 15 is 0 Å². The van der Waals surface area contributed by atoms with Crippen LogP contribution < -0.4 is 10.9 Å². The van der Waals surface area contributed by atoms with E-state index in [-0.39, 0.29) is 72.8 Å². The summed E-state index contributed by atoms with van der Waals surface area (Å²) in [6, 6.07) is 23.4. The molecule has 62 heavy (non-hydrogen) atoms. The maximum Gasteiger partial charge on any atom is 0.418 e. The number of aryl methyl sites for hydroxylation is 2. The van der Waals surface area contributed by atoms with Gasteiger partial charge in [-0.25, -0.2) is 0 Å². The fourth-order valence-electron chi connectivity index (χ4n) is 8.69. The van der Waals surface area contributed by atoms with Gasteiger partial charge in [0, 0.05) is 60.9 Å². The van der Waals surface area contributed by atoms with E-state index in [9.17, 15) is 23.1 Å². The molecule has 0 saturated carbocycles. The molecular weight excluding hydrogens is 961 g/mol. The van der Waals surface area contributed by atoms with Crippen LogP contribution in [0.15, 0.2) is 112 Å². The molecule has 3 heterocycles. The Balaban J connectivity index is 0.000000390. The van der Waals surface area contributed by atoms with Gasteiger partial charge in [0.25, 0.3) is 0 Å². The molecule has 5 nitrogen and oxygen atoms in total. The second-order valence-electron chi connectivity index (χ2n) is 17.6. The summed E-state index contributed by atoms with van der Waals surface area (Å²) in [6.45, 7) is 18.8. The van der Waals surface area contributed by atoms with E-state index in [4.69, 9.17) is 9.41 Å². The number of nitrogens with zero attached hydrogens (tertiary/aromatic N) is 2. The van der Waals surface area contributed by atoms with E-state index < -0.39 is 11.7 Å². The predicted molar refractivity (Wildman–Crippen MR) is 245 cm³/mol. The topological polar surface area (TPSA) is 75.7 Å². The van der Waals surface area contributed by atoms with Crippen molar-refractivity contribution in [1.82, 2.24) is 4.98 Å². The molecule has 2 aliphatic rings. The number of aliphatic hydroxyl groups is 1. The van der Waals surface area contributed by atoms with Crippen LogP contribution in [-0.2, 0) is 37.5 Å². The molecule has 3 aromatic carbocycles. The largest absolute Gasteiger partial charge is 0.512 e. The number of halogens is 3. The Morgan fingerprint density at radius 1 is 0.903 bits per heavy atom. The summed E-state index contributed by atoms with van der Waals surface area (Å²) >= 11 is 0. The number of alkyl halides is 3. The van der Waals surface area contributed by atoms with Crippen molar-refractivity contribution in [2.45, 2.75) is 106 Å². The number of carbonyl (C=O) groups is 1. The predicted octanol–water partition coefficient (Wildman–Crippen LogP) is 13.1. The van der Waals surface area contributed by atoms with Gasteiger partial charge >= 0.3 is 6.18 Å². The number of furan rings is 1. The minimum Gasteiger partial charge on any atom is -0.512 e. The number of rotatable bonds is 11. The Kier molecular flexibility index (Phi) is 15.7. The van der Waals surface area contributed by atoms with Crippen LogP contribution in [0.2, 0.25) is 5.82 Å². The van der Waals surface area contributed by atoms with E-state index in [1.807, 2.05) is 70.2 Å². The number of ketones is 1. The van der Waals surface area contributed by atoms with Gasteiger partial charge in [-0.2, -0.15) is 19.2 Å². The number of aliphatic hydroxyl groups excluding tert-OH is 1. The zero-order valence-electron chi connectivity index (χ0n) is 37.2. The first-order valence-electron chi connectivity index (χ1n) is 21.6. The average molecular weight is 1020 g/mol.